The van der Waals surface area contributed by atoms with Crippen molar-refractivity contribution in [3.63, 3.8) is 0 Å². The number of amides is 1. The average Bonchev–Trinajstić information content (AvgIpc) is 2.66. The number of esters is 1. The molecule has 0 aliphatic heterocycles. The number of nitrogens with one attached hydrogen (secondary N) is 1. The Balaban J connectivity index is 2.53. The van der Waals surface area contributed by atoms with Gasteiger partial charge in [-0.25, -0.2) is 4.79 Å². The van der Waals surface area contributed by atoms with E-state index in [1.54, 1.807) is 0 Å². The molecule has 0 bridgehead atoms. The number of ether oxygens (including phenoxy) is 2. The molecular weight excluding hydrogens is 222 g/mol. The average molecular weight is 243 g/mol. The SMILES string of the molecule is COC(=O)NC[C@]1(COC(C)=O)CC[C@@H](C)C1. The predicted octanol–water partition coefficient (Wildman–Crippen LogP) is 1.71. The van der Waals surface area contributed by atoms with Gasteiger partial charge in [0.05, 0.1) is 13.7 Å². The van der Waals surface area contributed by atoms with Crippen LogP contribution in [0.1, 0.15) is 33.1 Å². The summed E-state index contributed by atoms with van der Waals surface area (Å²) in [5.74, 6) is 0.326. The van der Waals surface area contributed by atoms with Crippen molar-refractivity contribution >= 4 is 12.1 Å². The highest BCUT2D eigenvalue weighted by Gasteiger charge is 2.38. The molecule has 0 heterocycles. The van der Waals surface area contributed by atoms with Gasteiger partial charge in [0.1, 0.15) is 0 Å². The molecule has 1 saturated carbocycles. The minimum Gasteiger partial charge on any atom is -0.465 e. The van der Waals surface area contributed by atoms with E-state index >= 15 is 0 Å². The van der Waals surface area contributed by atoms with Gasteiger partial charge in [-0.1, -0.05) is 6.92 Å². The highest BCUT2D eigenvalue weighted by molar-refractivity contribution is 5.67. The molecule has 1 amide bonds. The molecule has 0 aromatic heterocycles. The number of carbonyl (C=O) groups excluding carboxylic acids is 2. The molecule has 1 aliphatic carbocycles. The van der Waals surface area contributed by atoms with E-state index in [9.17, 15) is 9.59 Å². The molecular formula is C12H21NO4. The molecule has 0 radical (unpaired) electrons. The number of alkyl carbamates (subject to hydrolysis) is 1. The lowest BCUT2D eigenvalue weighted by Gasteiger charge is -2.28. The fraction of sp³-hybridized carbons (Fsp3) is 0.833. The van der Waals surface area contributed by atoms with Gasteiger partial charge in [0.15, 0.2) is 0 Å². The Morgan fingerprint density at radius 3 is 2.65 bits per heavy atom. The van der Waals surface area contributed by atoms with Crippen molar-refractivity contribution in [2.75, 3.05) is 20.3 Å². The van der Waals surface area contributed by atoms with Crippen molar-refractivity contribution in [2.24, 2.45) is 11.3 Å². The van der Waals surface area contributed by atoms with E-state index in [4.69, 9.17) is 4.74 Å². The topological polar surface area (TPSA) is 64.6 Å². The Labute approximate surface area is 102 Å². The van der Waals surface area contributed by atoms with Crippen LogP contribution in [0.2, 0.25) is 0 Å². The first kappa shape index (κ1) is 13.8. The van der Waals surface area contributed by atoms with E-state index < -0.39 is 6.09 Å². The Kier molecular flexibility index (Phi) is 4.78. The summed E-state index contributed by atoms with van der Waals surface area (Å²) in [4.78, 5) is 22.0. The highest BCUT2D eigenvalue weighted by Crippen LogP contribution is 2.41. The fourth-order valence-electron chi connectivity index (χ4n) is 2.43. The van der Waals surface area contributed by atoms with Gasteiger partial charge < -0.3 is 14.8 Å². The van der Waals surface area contributed by atoms with E-state index in [1.807, 2.05) is 0 Å². The second kappa shape index (κ2) is 5.89. The van der Waals surface area contributed by atoms with Crippen LogP contribution >= 0.6 is 0 Å². The van der Waals surface area contributed by atoms with Crippen LogP contribution in [0.15, 0.2) is 0 Å². The van der Waals surface area contributed by atoms with Gasteiger partial charge in [-0.05, 0) is 25.2 Å². The van der Waals surface area contributed by atoms with E-state index in [0.29, 0.717) is 19.1 Å². The quantitative estimate of drug-likeness (QED) is 0.763. The molecule has 5 nitrogen and oxygen atoms in total. The molecule has 1 fully saturated rings. The van der Waals surface area contributed by atoms with Crippen LogP contribution in [-0.2, 0) is 14.3 Å². The maximum absolute atomic E-state index is 11.1. The third-order valence-corrected chi connectivity index (χ3v) is 3.32. The van der Waals surface area contributed by atoms with Gasteiger partial charge in [-0.3, -0.25) is 4.79 Å². The summed E-state index contributed by atoms with van der Waals surface area (Å²) >= 11 is 0. The standard InChI is InChI=1S/C12H21NO4/c1-9-4-5-12(6-9,8-17-10(2)14)7-13-11(15)16-3/h9H,4-8H2,1-3H3,(H,13,15)/t9-,12+/m1/s1. The Hall–Kier alpha value is -1.26. The van der Waals surface area contributed by atoms with Crippen LogP contribution in [-0.4, -0.2) is 32.3 Å². The van der Waals surface area contributed by atoms with Gasteiger partial charge in [0.25, 0.3) is 0 Å². The van der Waals surface area contributed by atoms with Crippen LogP contribution in [0.4, 0.5) is 4.79 Å². The lowest BCUT2D eigenvalue weighted by Crippen LogP contribution is -2.39. The van der Waals surface area contributed by atoms with Crippen LogP contribution in [0, 0.1) is 11.3 Å². The fourth-order valence-corrected chi connectivity index (χ4v) is 2.43. The van der Waals surface area contributed by atoms with Crippen LogP contribution in [0.5, 0.6) is 0 Å². The molecule has 5 heteroatoms. The monoisotopic (exact) mass is 243 g/mol. The first-order valence-electron chi connectivity index (χ1n) is 5.93. The molecule has 98 valence electrons. The Morgan fingerprint density at radius 1 is 1.47 bits per heavy atom. The van der Waals surface area contributed by atoms with Crippen molar-refractivity contribution in [1.29, 1.82) is 0 Å². The molecule has 0 saturated heterocycles. The molecule has 0 aromatic carbocycles. The zero-order valence-corrected chi connectivity index (χ0v) is 10.7. The van der Waals surface area contributed by atoms with Gasteiger partial charge in [-0.2, -0.15) is 0 Å². The largest absolute Gasteiger partial charge is 0.465 e. The summed E-state index contributed by atoms with van der Waals surface area (Å²) < 4.78 is 9.66. The van der Waals surface area contributed by atoms with Gasteiger partial charge in [0.2, 0.25) is 0 Å². The zero-order valence-electron chi connectivity index (χ0n) is 10.7. The maximum atomic E-state index is 11.1. The minimum atomic E-state index is -0.438. The molecule has 0 unspecified atom stereocenters. The molecule has 0 aromatic rings. The molecule has 1 N–H and O–H groups in total. The third kappa shape index (κ3) is 4.24. The van der Waals surface area contributed by atoms with Crippen LogP contribution in [0.25, 0.3) is 0 Å². The molecule has 1 aliphatic rings. The van der Waals surface area contributed by atoms with Gasteiger partial charge in [0, 0.05) is 18.9 Å². The lowest BCUT2D eigenvalue weighted by molar-refractivity contribution is -0.144. The molecule has 17 heavy (non-hydrogen) atoms. The molecule has 1 rings (SSSR count). The summed E-state index contributed by atoms with van der Waals surface area (Å²) in [7, 11) is 1.34. The summed E-state index contributed by atoms with van der Waals surface area (Å²) in [5, 5.41) is 2.71. The Morgan fingerprint density at radius 2 is 2.18 bits per heavy atom. The Bertz CT molecular complexity index is 292. The number of methoxy groups -OCH3 is 1. The third-order valence-electron chi connectivity index (χ3n) is 3.32. The summed E-state index contributed by atoms with van der Waals surface area (Å²) in [6.45, 7) is 4.45. The van der Waals surface area contributed by atoms with Gasteiger partial charge >= 0.3 is 12.1 Å². The van der Waals surface area contributed by atoms with E-state index in [-0.39, 0.29) is 11.4 Å². The summed E-state index contributed by atoms with van der Waals surface area (Å²) in [5.41, 5.74) is -0.126. The predicted molar refractivity (Wildman–Crippen MR) is 62.5 cm³/mol. The van der Waals surface area contributed by atoms with Crippen molar-refractivity contribution in [2.45, 2.75) is 33.1 Å². The van der Waals surface area contributed by atoms with Gasteiger partial charge in [-0.15, -0.1) is 0 Å². The highest BCUT2D eigenvalue weighted by atomic mass is 16.5. The van der Waals surface area contributed by atoms with Crippen molar-refractivity contribution in [3.05, 3.63) is 0 Å². The minimum absolute atomic E-state index is 0.126. The summed E-state index contributed by atoms with van der Waals surface area (Å²) in [6, 6.07) is 0. The number of carbonyl (C=O) groups is 2. The van der Waals surface area contributed by atoms with E-state index in [2.05, 4.69) is 17.0 Å². The van der Waals surface area contributed by atoms with E-state index in [1.165, 1.54) is 14.0 Å². The number of hydrogen-bond donors (Lipinski definition) is 1. The van der Waals surface area contributed by atoms with Crippen molar-refractivity contribution in [1.82, 2.24) is 5.32 Å². The van der Waals surface area contributed by atoms with Crippen LogP contribution in [0.3, 0.4) is 0 Å². The zero-order chi connectivity index (χ0) is 12.9. The second-order valence-electron chi connectivity index (χ2n) is 4.97. The first-order chi connectivity index (χ1) is 7.97. The maximum Gasteiger partial charge on any atom is 0.406 e. The van der Waals surface area contributed by atoms with Crippen molar-refractivity contribution < 1.29 is 19.1 Å². The lowest BCUT2D eigenvalue weighted by atomic mass is 9.86. The number of rotatable bonds is 4. The summed E-state index contributed by atoms with van der Waals surface area (Å²) in [6.07, 6.45) is 2.59. The van der Waals surface area contributed by atoms with Crippen molar-refractivity contribution in [3.8, 4) is 0 Å². The number of hydrogen-bond acceptors (Lipinski definition) is 4. The smallest absolute Gasteiger partial charge is 0.406 e. The second-order valence-corrected chi connectivity index (χ2v) is 4.97. The first-order valence-corrected chi connectivity index (χ1v) is 5.93. The molecule has 0 spiro atoms. The van der Waals surface area contributed by atoms with Crippen LogP contribution < -0.4 is 5.32 Å². The molecule has 2 atom stereocenters. The normalized spacial score (nSPS) is 27.6. The van der Waals surface area contributed by atoms with E-state index in [0.717, 1.165) is 19.3 Å².